The zero-order chi connectivity index (χ0) is 14.4. The Morgan fingerprint density at radius 2 is 1.47 bits per heavy atom. The maximum Gasteiger partial charge on any atom is 0.102 e. The van der Waals surface area contributed by atoms with Crippen LogP contribution in [0.25, 0.3) is 0 Å². The number of aliphatic hydroxyl groups is 1. The number of hydrogen-bond acceptors (Lipinski definition) is 2. The number of aliphatic hydroxyl groups excluding tert-OH is 1. The first-order chi connectivity index (χ1) is 8.90. The summed E-state index contributed by atoms with van der Waals surface area (Å²) in [5, 5.41) is 10.1. The van der Waals surface area contributed by atoms with Crippen molar-refractivity contribution in [3.05, 3.63) is 35.4 Å². The van der Waals surface area contributed by atoms with E-state index in [-0.39, 0.29) is 6.10 Å². The summed E-state index contributed by atoms with van der Waals surface area (Å²) >= 11 is 0. The average molecular weight is 264 g/mol. The fourth-order valence-electron chi connectivity index (χ4n) is 2.19. The van der Waals surface area contributed by atoms with Crippen molar-refractivity contribution in [1.82, 2.24) is 0 Å². The van der Waals surface area contributed by atoms with Gasteiger partial charge in [0, 0.05) is 0 Å². The van der Waals surface area contributed by atoms with E-state index in [1.54, 1.807) is 0 Å². The fraction of sp³-hybridized carbons (Fsp3) is 0.647. The van der Waals surface area contributed by atoms with Crippen molar-refractivity contribution in [3.8, 4) is 0 Å². The van der Waals surface area contributed by atoms with Gasteiger partial charge in [0.25, 0.3) is 0 Å². The highest BCUT2D eigenvalue weighted by atomic mass is 16.5. The quantitative estimate of drug-likeness (QED) is 0.796. The van der Waals surface area contributed by atoms with Crippen LogP contribution in [0.4, 0.5) is 0 Å². The van der Waals surface area contributed by atoms with E-state index in [9.17, 15) is 5.11 Å². The molecule has 108 valence electrons. The van der Waals surface area contributed by atoms with Gasteiger partial charge in [-0.1, -0.05) is 52.0 Å². The molecule has 2 heteroatoms. The summed E-state index contributed by atoms with van der Waals surface area (Å²) in [5.41, 5.74) is 2.23. The first-order valence-electron chi connectivity index (χ1n) is 7.29. The molecule has 0 spiro atoms. The molecule has 0 amide bonds. The van der Waals surface area contributed by atoms with Crippen molar-refractivity contribution >= 4 is 0 Å². The van der Waals surface area contributed by atoms with Gasteiger partial charge in [-0.25, -0.2) is 0 Å². The molecule has 0 bridgehead atoms. The second kappa shape index (κ2) is 7.66. The Kier molecular flexibility index (Phi) is 6.53. The lowest BCUT2D eigenvalue weighted by atomic mass is 10.0. The van der Waals surface area contributed by atoms with Crippen molar-refractivity contribution in [1.29, 1.82) is 0 Å². The smallest absolute Gasteiger partial charge is 0.102 e. The van der Waals surface area contributed by atoms with Gasteiger partial charge >= 0.3 is 0 Å². The lowest BCUT2D eigenvalue weighted by Crippen LogP contribution is -2.16. The molecule has 2 nitrogen and oxygen atoms in total. The van der Waals surface area contributed by atoms with Crippen molar-refractivity contribution in [2.24, 2.45) is 5.92 Å². The number of ether oxygens (including phenoxy) is 1. The minimum atomic E-state index is -0.532. The molecule has 0 aliphatic heterocycles. The maximum atomic E-state index is 10.1. The highest BCUT2D eigenvalue weighted by molar-refractivity contribution is 5.26. The molecule has 2 unspecified atom stereocenters. The van der Waals surface area contributed by atoms with Crippen LogP contribution in [0.1, 0.15) is 64.2 Å². The van der Waals surface area contributed by atoms with Gasteiger partial charge in [-0.2, -0.15) is 0 Å². The molecule has 0 fully saturated rings. The maximum absolute atomic E-state index is 10.1. The van der Waals surface area contributed by atoms with Gasteiger partial charge < -0.3 is 9.84 Å². The largest absolute Gasteiger partial charge is 0.386 e. The molecule has 19 heavy (non-hydrogen) atoms. The zero-order valence-corrected chi connectivity index (χ0v) is 12.9. The van der Waals surface area contributed by atoms with Crippen LogP contribution < -0.4 is 0 Å². The van der Waals surface area contributed by atoms with Gasteiger partial charge in [0.15, 0.2) is 0 Å². The Labute approximate surface area is 117 Å². The van der Waals surface area contributed by atoms with E-state index in [1.165, 1.54) is 5.56 Å². The SMILES string of the molecule is CC(C)CC(C)OCC(O)c1ccc(C(C)C)cc1. The fourth-order valence-corrected chi connectivity index (χ4v) is 2.19. The minimum Gasteiger partial charge on any atom is -0.386 e. The predicted molar refractivity (Wildman–Crippen MR) is 80.4 cm³/mol. The molecular weight excluding hydrogens is 236 g/mol. The molecule has 0 heterocycles. The highest BCUT2D eigenvalue weighted by Gasteiger charge is 2.11. The normalized spacial score (nSPS) is 14.9. The van der Waals surface area contributed by atoms with Gasteiger partial charge in [-0.3, -0.25) is 0 Å². The van der Waals surface area contributed by atoms with Gasteiger partial charge in [0.1, 0.15) is 6.10 Å². The van der Waals surface area contributed by atoms with Gasteiger partial charge in [0.2, 0.25) is 0 Å². The monoisotopic (exact) mass is 264 g/mol. The highest BCUT2D eigenvalue weighted by Crippen LogP contribution is 2.19. The summed E-state index contributed by atoms with van der Waals surface area (Å²) in [6.07, 6.45) is 0.694. The van der Waals surface area contributed by atoms with Gasteiger partial charge in [-0.05, 0) is 36.3 Å². The summed E-state index contributed by atoms with van der Waals surface area (Å²) in [6, 6.07) is 8.16. The van der Waals surface area contributed by atoms with Crippen molar-refractivity contribution in [3.63, 3.8) is 0 Å². The molecule has 1 rings (SSSR count). The predicted octanol–water partition coefficient (Wildman–Crippen LogP) is 4.29. The van der Waals surface area contributed by atoms with Crippen LogP contribution in [-0.2, 0) is 4.74 Å². The molecule has 1 aromatic rings. The second-order valence-corrected chi connectivity index (χ2v) is 6.11. The summed E-state index contributed by atoms with van der Waals surface area (Å²) in [7, 11) is 0. The van der Waals surface area contributed by atoms with Crippen LogP contribution in [0.3, 0.4) is 0 Å². The molecule has 0 saturated carbocycles. The Morgan fingerprint density at radius 1 is 0.947 bits per heavy atom. The molecule has 1 N–H and O–H groups in total. The van der Waals surface area contributed by atoms with E-state index < -0.39 is 6.10 Å². The number of rotatable bonds is 7. The van der Waals surface area contributed by atoms with Crippen LogP contribution >= 0.6 is 0 Å². The van der Waals surface area contributed by atoms with Crippen LogP contribution in [0.15, 0.2) is 24.3 Å². The summed E-state index contributed by atoms with van der Waals surface area (Å²) < 4.78 is 5.70. The Hall–Kier alpha value is -0.860. The van der Waals surface area contributed by atoms with Crippen molar-refractivity contribution in [2.45, 2.75) is 59.2 Å². The minimum absolute atomic E-state index is 0.199. The third-order valence-corrected chi connectivity index (χ3v) is 3.33. The standard InChI is InChI=1S/C17H28O2/c1-12(2)10-14(5)19-11-17(18)16-8-6-15(7-9-16)13(3)4/h6-9,12-14,17-18H,10-11H2,1-5H3. The number of hydrogen-bond donors (Lipinski definition) is 1. The van der Waals surface area contributed by atoms with E-state index in [2.05, 4.69) is 46.8 Å². The third-order valence-electron chi connectivity index (χ3n) is 3.33. The lowest BCUT2D eigenvalue weighted by molar-refractivity contribution is -0.0101. The lowest BCUT2D eigenvalue weighted by Gasteiger charge is -2.18. The molecule has 2 atom stereocenters. The molecular formula is C17H28O2. The summed E-state index contributed by atoms with van der Waals surface area (Å²) in [6.45, 7) is 11.1. The molecule has 0 aliphatic rings. The zero-order valence-electron chi connectivity index (χ0n) is 12.9. The van der Waals surface area contributed by atoms with Crippen molar-refractivity contribution in [2.75, 3.05) is 6.61 Å². The third kappa shape index (κ3) is 5.75. The first kappa shape index (κ1) is 16.2. The second-order valence-electron chi connectivity index (χ2n) is 6.11. The Morgan fingerprint density at radius 3 is 1.95 bits per heavy atom. The van der Waals surface area contributed by atoms with Crippen LogP contribution in [-0.4, -0.2) is 17.8 Å². The topological polar surface area (TPSA) is 29.5 Å². The van der Waals surface area contributed by atoms with Crippen molar-refractivity contribution < 1.29 is 9.84 Å². The molecule has 0 aromatic heterocycles. The van der Waals surface area contributed by atoms with E-state index in [1.807, 2.05) is 12.1 Å². The van der Waals surface area contributed by atoms with E-state index >= 15 is 0 Å². The Bertz CT molecular complexity index is 354. The van der Waals surface area contributed by atoms with E-state index in [0.29, 0.717) is 18.4 Å². The van der Waals surface area contributed by atoms with Gasteiger partial charge in [-0.15, -0.1) is 0 Å². The molecule has 0 radical (unpaired) electrons. The van der Waals surface area contributed by atoms with Crippen LogP contribution in [0, 0.1) is 5.92 Å². The summed E-state index contributed by atoms with van der Waals surface area (Å²) in [4.78, 5) is 0. The first-order valence-corrected chi connectivity index (χ1v) is 7.29. The number of benzene rings is 1. The van der Waals surface area contributed by atoms with Crippen LogP contribution in [0.2, 0.25) is 0 Å². The van der Waals surface area contributed by atoms with Gasteiger partial charge in [0.05, 0.1) is 12.7 Å². The molecule has 1 aromatic carbocycles. The van der Waals surface area contributed by atoms with Crippen LogP contribution in [0.5, 0.6) is 0 Å². The average Bonchev–Trinajstić information content (AvgIpc) is 2.35. The Balaban J connectivity index is 2.47. The molecule has 0 saturated heterocycles. The summed E-state index contributed by atoms with van der Waals surface area (Å²) in [5.74, 6) is 1.14. The van der Waals surface area contributed by atoms with E-state index in [0.717, 1.165) is 12.0 Å². The van der Waals surface area contributed by atoms with E-state index in [4.69, 9.17) is 4.74 Å². The molecule has 0 aliphatic carbocycles.